The molecule has 4 nitrogen and oxygen atoms in total. The number of carbonyl (C=O) groups is 1. The number of halogens is 1. The molecule has 1 fully saturated rings. The van der Waals surface area contributed by atoms with Gasteiger partial charge in [-0.05, 0) is 61.6 Å². The van der Waals surface area contributed by atoms with E-state index >= 15 is 0 Å². The van der Waals surface area contributed by atoms with Crippen LogP contribution in [0.25, 0.3) is 11.3 Å². The number of amides is 1. The first kappa shape index (κ1) is 15.6. The molecule has 1 saturated heterocycles. The highest BCUT2D eigenvalue weighted by Crippen LogP contribution is 2.22. The van der Waals surface area contributed by atoms with Crippen LogP contribution < -0.4 is 0 Å². The second-order valence-electron chi connectivity index (χ2n) is 6.07. The Bertz CT molecular complexity index is 662. The maximum absolute atomic E-state index is 12.9. The number of aromatic nitrogens is 2. The van der Waals surface area contributed by atoms with Crippen molar-refractivity contribution in [3.05, 3.63) is 47.9 Å². The first-order valence-electron chi connectivity index (χ1n) is 7.96. The zero-order chi connectivity index (χ0) is 16.2. The van der Waals surface area contributed by atoms with Crippen LogP contribution in [-0.4, -0.2) is 34.1 Å². The van der Waals surface area contributed by atoms with Crippen molar-refractivity contribution >= 4 is 5.91 Å². The zero-order valence-corrected chi connectivity index (χ0v) is 13.2. The molecule has 0 spiro atoms. The third-order valence-corrected chi connectivity index (χ3v) is 4.42. The summed E-state index contributed by atoms with van der Waals surface area (Å²) in [6.45, 7) is 3.29. The van der Waals surface area contributed by atoms with Gasteiger partial charge in [0.05, 0.1) is 11.4 Å². The number of rotatable bonds is 3. The van der Waals surface area contributed by atoms with Gasteiger partial charge < -0.3 is 4.90 Å². The molecule has 3 rings (SSSR count). The SMILES string of the molecule is CC(=O)N1CCC(Cc2ccc(-c3ccc(F)cc3)nn2)CC1. The van der Waals surface area contributed by atoms with E-state index in [-0.39, 0.29) is 11.7 Å². The number of benzene rings is 1. The van der Waals surface area contributed by atoms with Gasteiger partial charge in [-0.15, -0.1) is 0 Å². The second-order valence-corrected chi connectivity index (χ2v) is 6.07. The van der Waals surface area contributed by atoms with Crippen molar-refractivity contribution in [2.45, 2.75) is 26.2 Å². The van der Waals surface area contributed by atoms with Crippen molar-refractivity contribution in [1.82, 2.24) is 15.1 Å². The van der Waals surface area contributed by atoms with Gasteiger partial charge in [0.15, 0.2) is 0 Å². The second kappa shape index (κ2) is 6.86. The van der Waals surface area contributed by atoms with Crippen LogP contribution in [-0.2, 0) is 11.2 Å². The van der Waals surface area contributed by atoms with Crippen LogP contribution in [0.15, 0.2) is 36.4 Å². The first-order valence-corrected chi connectivity index (χ1v) is 7.96. The molecule has 1 aromatic carbocycles. The van der Waals surface area contributed by atoms with E-state index in [2.05, 4.69) is 10.2 Å². The van der Waals surface area contributed by atoms with Crippen LogP contribution in [0.1, 0.15) is 25.5 Å². The molecule has 0 bridgehead atoms. The highest BCUT2D eigenvalue weighted by atomic mass is 19.1. The lowest BCUT2D eigenvalue weighted by Crippen LogP contribution is -2.37. The number of carbonyl (C=O) groups excluding carboxylic acids is 1. The summed E-state index contributed by atoms with van der Waals surface area (Å²) in [5.74, 6) is 0.457. The molecule has 0 aliphatic carbocycles. The maximum atomic E-state index is 12.9. The Hall–Kier alpha value is -2.30. The summed E-state index contributed by atoms with van der Waals surface area (Å²) < 4.78 is 12.9. The first-order chi connectivity index (χ1) is 11.1. The molecule has 5 heteroatoms. The normalized spacial score (nSPS) is 15.7. The average Bonchev–Trinajstić information content (AvgIpc) is 2.57. The van der Waals surface area contributed by atoms with E-state index < -0.39 is 0 Å². The molecular weight excluding hydrogens is 293 g/mol. The van der Waals surface area contributed by atoms with E-state index in [1.165, 1.54) is 12.1 Å². The number of likely N-dealkylation sites (tertiary alicyclic amines) is 1. The lowest BCUT2D eigenvalue weighted by atomic mass is 9.92. The Kier molecular flexibility index (Phi) is 4.65. The van der Waals surface area contributed by atoms with Crippen molar-refractivity contribution in [2.75, 3.05) is 13.1 Å². The van der Waals surface area contributed by atoms with E-state index in [1.807, 2.05) is 17.0 Å². The van der Waals surface area contributed by atoms with Gasteiger partial charge in [-0.3, -0.25) is 4.79 Å². The van der Waals surface area contributed by atoms with Gasteiger partial charge in [-0.25, -0.2) is 4.39 Å². The number of hydrogen-bond donors (Lipinski definition) is 0. The Morgan fingerprint density at radius 1 is 1.13 bits per heavy atom. The van der Waals surface area contributed by atoms with Crippen LogP contribution >= 0.6 is 0 Å². The van der Waals surface area contributed by atoms with E-state index in [9.17, 15) is 9.18 Å². The fraction of sp³-hybridized carbons (Fsp3) is 0.389. The zero-order valence-electron chi connectivity index (χ0n) is 13.2. The van der Waals surface area contributed by atoms with Gasteiger partial charge in [0.1, 0.15) is 5.82 Å². The fourth-order valence-electron chi connectivity index (χ4n) is 2.99. The summed E-state index contributed by atoms with van der Waals surface area (Å²) in [6, 6.07) is 10.2. The minimum atomic E-state index is -0.254. The van der Waals surface area contributed by atoms with Gasteiger partial charge in [0.25, 0.3) is 0 Å². The van der Waals surface area contributed by atoms with E-state index in [1.54, 1.807) is 19.1 Å². The molecule has 120 valence electrons. The molecule has 2 heterocycles. The van der Waals surface area contributed by atoms with Crippen molar-refractivity contribution in [3.8, 4) is 11.3 Å². The molecule has 0 atom stereocenters. The summed E-state index contributed by atoms with van der Waals surface area (Å²) in [5.41, 5.74) is 2.58. The minimum absolute atomic E-state index is 0.159. The number of piperidine rings is 1. The minimum Gasteiger partial charge on any atom is -0.343 e. The van der Waals surface area contributed by atoms with Gasteiger partial charge in [0, 0.05) is 25.6 Å². The van der Waals surface area contributed by atoms with Crippen LogP contribution in [0.5, 0.6) is 0 Å². The van der Waals surface area contributed by atoms with Gasteiger partial charge in [-0.1, -0.05) is 0 Å². The smallest absolute Gasteiger partial charge is 0.219 e. The van der Waals surface area contributed by atoms with Crippen LogP contribution in [0.4, 0.5) is 4.39 Å². The number of nitrogens with zero attached hydrogens (tertiary/aromatic N) is 3. The van der Waals surface area contributed by atoms with E-state index in [0.717, 1.165) is 49.3 Å². The van der Waals surface area contributed by atoms with Gasteiger partial charge >= 0.3 is 0 Å². The summed E-state index contributed by atoms with van der Waals surface area (Å²) >= 11 is 0. The standard InChI is InChI=1S/C18H20FN3O/c1-13(23)22-10-8-14(9-11-22)12-17-6-7-18(21-20-17)15-2-4-16(19)5-3-15/h2-7,14H,8-12H2,1H3. The van der Waals surface area contributed by atoms with E-state index in [0.29, 0.717) is 5.92 Å². The lowest BCUT2D eigenvalue weighted by molar-refractivity contribution is -0.130. The molecule has 0 N–H and O–H groups in total. The monoisotopic (exact) mass is 313 g/mol. The largest absolute Gasteiger partial charge is 0.343 e. The summed E-state index contributed by atoms with van der Waals surface area (Å²) in [7, 11) is 0. The predicted octanol–water partition coefficient (Wildman–Crippen LogP) is 3.08. The maximum Gasteiger partial charge on any atom is 0.219 e. The highest BCUT2D eigenvalue weighted by Gasteiger charge is 2.21. The summed E-state index contributed by atoms with van der Waals surface area (Å²) in [6.07, 6.45) is 2.92. The Labute approximate surface area is 135 Å². The molecule has 1 amide bonds. The van der Waals surface area contributed by atoms with Crippen molar-refractivity contribution in [3.63, 3.8) is 0 Å². The Morgan fingerprint density at radius 2 is 1.83 bits per heavy atom. The van der Waals surface area contributed by atoms with Crippen molar-refractivity contribution in [2.24, 2.45) is 5.92 Å². The van der Waals surface area contributed by atoms with Crippen LogP contribution in [0.2, 0.25) is 0 Å². The van der Waals surface area contributed by atoms with Crippen molar-refractivity contribution < 1.29 is 9.18 Å². The third-order valence-electron chi connectivity index (χ3n) is 4.42. The predicted molar refractivity (Wildman–Crippen MR) is 86.1 cm³/mol. The molecule has 0 unspecified atom stereocenters. The van der Waals surface area contributed by atoms with Gasteiger partial charge in [-0.2, -0.15) is 10.2 Å². The Balaban J connectivity index is 1.60. The number of hydrogen-bond acceptors (Lipinski definition) is 3. The van der Waals surface area contributed by atoms with Gasteiger partial charge in [0.2, 0.25) is 5.91 Å². The third kappa shape index (κ3) is 3.92. The highest BCUT2D eigenvalue weighted by molar-refractivity contribution is 5.73. The van der Waals surface area contributed by atoms with Crippen LogP contribution in [0, 0.1) is 11.7 Å². The average molecular weight is 313 g/mol. The summed E-state index contributed by atoms with van der Waals surface area (Å²) in [5, 5.41) is 8.55. The molecule has 0 radical (unpaired) electrons. The van der Waals surface area contributed by atoms with Crippen LogP contribution in [0.3, 0.4) is 0 Å². The van der Waals surface area contributed by atoms with Crippen molar-refractivity contribution in [1.29, 1.82) is 0 Å². The molecule has 2 aromatic rings. The fourth-order valence-corrected chi connectivity index (χ4v) is 2.99. The molecule has 1 aliphatic heterocycles. The summed E-state index contributed by atoms with van der Waals surface area (Å²) in [4.78, 5) is 13.2. The lowest BCUT2D eigenvalue weighted by Gasteiger charge is -2.31. The molecule has 1 aromatic heterocycles. The molecule has 1 aliphatic rings. The molecular formula is C18H20FN3O. The molecule has 23 heavy (non-hydrogen) atoms. The quantitative estimate of drug-likeness (QED) is 0.875. The van der Waals surface area contributed by atoms with E-state index in [4.69, 9.17) is 0 Å². The topological polar surface area (TPSA) is 46.1 Å². The molecule has 0 saturated carbocycles. The Morgan fingerprint density at radius 3 is 2.39 bits per heavy atom.